The first-order valence-corrected chi connectivity index (χ1v) is 10.6. The first kappa shape index (κ1) is 22.9. The Morgan fingerprint density at radius 2 is 1.72 bits per heavy atom. The summed E-state index contributed by atoms with van der Waals surface area (Å²) in [6, 6.07) is 18.8. The molecule has 3 aromatic carbocycles. The van der Waals surface area contributed by atoms with Gasteiger partial charge >= 0.3 is 5.97 Å². The molecular formula is C26H27NO5. The molecule has 0 saturated carbocycles. The monoisotopic (exact) mass is 433 g/mol. The summed E-state index contributed by atoms with van der Waals surface area (Å²) in [6.45, 7) is 5.24. The molecule has 0 bridgehead atoms. The molecule has 0 aliphatic heterocycles. The van der Waals surface area contributed by atoms with Crippen molar-refractivity contribution in [3.63, 3.8) is 0 Å². The van der Waals surface area contributed by atoms with Crippen LogP contribution in [-0.4, -0.2) is 30.5 Å². The van der Waals surface area contributed by atoms with E-state index in [0.717, 1.165) is 18.6 Å². The van der Waals surface area contributed by atoms with Gasteiger partial charge in [0.25, 0.3) is 0 Å². The SMILES string of the molecule is CCCCOc1ccc(C(=O)Oc2ccc(C=Nc3cccc(OCC)c3)c(O)c2)cc1. The van der Waals surface area contributed by atoms with Crippen LogP contribution < -0.4 is 14.2 Å². The summed E-state index contributed by atoms with van der Waals surface area (Å²) in [5.41, 5.74) is 1.60. The third-order valence-corrected chi connectivity index (χ3v) is 4.55. The van der Waals surface area contributed by atoms with Crippen LogP contribution in [0.25, 0.3) is 0 Å². The van der Waals surface area contributed by atoms with Gasteiger partial charge in [0.15, 0.2) is 0 Å². The summed E-state index contributed by atoms with van der Waals surface area (Å²) in [6.07, 6.45) is 3.58. The number of aromatic hydroxyl groups is 1. The highest BCUT2D eigenvalue weighted by Gasteiger charge is 2.10. The lowest BCUT2D eigenvalue weighted by atomic mass is 10.2. The molecular weight excluding hydrogens is 406 g/mol. The number of benzene rings is 3. The minimum atomic E-state index is -0.515. The van der Waals surface area contributed by atoms with Gasteiger partial charge in [-0.25, -0.2) is 4.79 Å². The van der Waals surface area contributed by atoms with E-state index in [-0.39, 0.29) is 11.5 Å². The normalized spacial score (nSPS) is 10.8. The Bertz CT molecular complexity index is 1060. The standard InChI is InChI=1S/C26H27NO5/c1-3-5-15-31-22-12-9-19(10-13-22)26(29)32-24-14-11-20(25(28)17-24)18-27-21-7-6-8-23(16-21)30-4-2/h6-14,16-18,28H,3-5,15H2,1-2H3. The first-order valence-electron chi connectivity index (χ1n) is 10.6. The van der Waals surface area contributed by atoms with Crippen molar-refractivity contribution in [3.05, 3.63) is 77.9 Å². The van der Waals surface area contributed by atoms with E-state index >= 15 is 0 Å². The van der Waals surface area contributed by atoms with Crippen molar-refractivity contribution in [1.29, 1.82) is 0 Å². The second-order valence-electron chi connectivity index (χ2n) is 7.03. The maximum Gasteiger partial charge on any atom is 0.343 e. The molecule has 0 unspecified atom stereocenters. The molecule has 0 aromatic heterocycles. The molecule has 1 N–H and O–H groups in total. The number of ether oxygens (including phenoxy) is 3. The molecule has 6 nitrogen and oxygen atoms in total. The number of aliphatic imine (C=N–C) groups is 1. The summed E-state index contributed by atoms with van der Waals surface area (Å²) < 4.78 is 16.4. The summed E-state index contributed by atoms with van der Waals surface area (Å²) in [5.74, 6) is 1.13. The molecule has 32 heavy (non-hydrogen) atoms. The van der Waals surface area contributed by atoms with Gasteiger partial charge in [0.05, 0.1) is 24.5 Å². The Kier molecular flexibility index (Phi) is 8.26. The maximum atomic E-state index is 12.4. The predicted octanol–water partition coefficient (Wildman–Crippen LogP) is 5.94. The molecule has 3 aromatic rings. The third-order valence-electron chi connectivity index (χ3n) is 4.55. The van der Waals surface area contributed by atoms with Crippen LogP contribution in [-0.2, 0) is 0 Å². The zero-order chi connectivity index (χ0) is 22.8. The van der Waals surface area contributed by atoms with Crippen molar-refractivity contribution in [1.82, 2.24) is 0 Å². The summed E-state index contributed by atoms with van der Waals surface area (Å²) in [7, 11) is 0. The molecule has 0 aliphatic rings. The highest BCUT2D eigenvalue weighted by atomic mass is 16.5. The maximum absolute atomic E-state index is 12.4. The van der Waals surface area contributed by atoms with Crippen LogP contribution >= 0.6 is 0 Å². The zero-order valence-electron chi connectivity index (χ0n) is 18.3. The van der Waals surface area contributed by atoms with E-state index in [1.807, 2.05) is 31.2 Å². The highest BCUT2D eigenvalue weighted by molar-refractivity contribution is 5.91. The van der Waals surface area contributed by atoms with Crippen LogP contribution in [0.2, 0.25) is 0 Å². The Balaban J connectivity index is 1.62. The molecule has 166 valence electrons. The Labute approximate surface area is 188 Å². The lowest BCUT2D eigenvalue weighted by molar-refractivity contribution is 0.0734. The number of rotatable bonds is 10. The van der Waals surface area contributed by atoms with Gasteiger partial charge in [0.1, 0.15) is 23.0 Å². The second-order valence-corrected chi connectivity index (χ2v) is 7.03. The molecule has 0 heterocycles. The van der Waals surface area contributed by atoms with Crippen LogP contribution in [0.4, 0.5) is 5.69 Å². The predicted molar refractivity (Wildman–Crippen MR) is 125 cm³/mol. The van der Waals surface area contributed by atoms with Crippen molar-refractivity contribution in [2.75, 3.05) is 13.2 Å². The van der Waals surface area contributed by atoms with E-state index in [9.17, 15) is 9.90 Å². The van der Waals surface area contributed by atoms with Gasteiger partial charge < -0.3 is 19.3 Å². The van der Waals surface area contributed by atoms with Crippen molar-refractivity contribution < 1.29 is 24.1 Å². The number of phenols is 1. The van der Waals surface area contributed by atoms with Crippen molar-refractivity contribution in [2.24, 2.45) is 4.99 Å². The number of hydrogen-bond donors (Lipinski definition) is 1. The van der Waals surface area contributed by atoms with Crippen molar-refractivity contribution in [3.8, 4) is 23.0 Å². The molecule has 0 radical (unpaired) electrons. The lowest BCUT2D eigenvalue weighted by Crippen LogP contribution is -2.08. The fourth-order valence-corrected chi connectivity index (χ4v) is 2.85. The Hall–Kier alpha value is -3.80. The minimum absolute atomic E-state index is 0.0420. The number of phenolic OH excluding ortho intramolecular Hbond substituents is 1. The van der Waals surface area contributed by atoms with E-state index in [0.29, 0.717) is 35.8 Å². The largest absolute Gasteiger partial charge is 0.507 e. The van der Waals surface area contributed by atoms with Crippen LogP contribution in [0.3, 0.4) is 0 Å². The van der Waals surface area contributed by atoms with Gasteiger partial charge in [-0.2, -0.15) is 0 Å². The van der Waals surface area contributed by atoms with E-state index in [1.54, 1.807) is 42.6 Å². The lowest BCUT2D eigenvalue weighted by Gasteiger charge is -2.08. The molecule has 0 aliphatic carbocycles. The number of hydrogen-bond acceptors (Lipinski definition) is 6. The zero-order valence-corrected chi connectivity index (χ0v) is 18.3. The van der Waals surface area contributed by atoms with E-state index in [4.69, 9.17) is 14.2 Å². The van der Waals surface area contributed by atoms with Gasteiger partial charge in [0.2, 0.25) is 0 Å². The number of unbranched alkanes of at least 4 members (excludes halogenated alkanes) is 1. The average Bonchev–Trinajstić information content (AvgIpc) is 2.80. The van der Waals surface area contributed by atoms with Gasteiger partial charge in [0, 0.05) is 23.9 Å². The van der Waals surface area contributed by atoms with Crippen molar-refractivity contribution in [2.45, 2.75) is 26.7 Å². The Morgan fingerprint density at radius 3 is 2.44 bits per heavy atom. The van der Waals surface area contributed by atoms with Crippen LogP contribution in [0, 0.1) is 0 Å². The molecule has 3 rings (SSSR count). The number of carbonyl (C=O) groups excluding carboxylic acids is 1. The molecule has 0 saturated heterocycles. The number of esters is 1. The first-order chi connectivity index (χ1) is 15.6. The summed E-state index contributed by atoms with van der Waals surface area (Å²) in [4.78, 5) is 16.8. The van der Waals surface area contributed by atoms with Crippen molar-refractivity contribution >= 4 is 17.9 Å². The van der Waals surface area contributed by atoms with Crippen LogP contribution in [0.1, 0.15) is 42.6 Å². The number of nitrogens with zero attached hydrogens (tertiary/aromatic N) is 1. The minimum Gasteiger partial charge on any atom is -0.507 e. The summed E-state index contributed by atoms with van der Waals surface area (Å²) >= 11 is 0. The van der Waals surface area contributed by atoms with Gasteiger partial charge in [-0.3, -0.25) is 4.99 Å². The topological polar surface area (TPSA) is 77.4 Å². The molecule has 0 fully saturated rings. The molecule has 0 spiro atoms. The fourth-order valence-electron chi connectivity index (χ4n) is 2.85. The second kappa shape index (κ2) is 11.6. The van der Waals surface area contributed by atoms with Gasteiger partial charge in [-0.1, -0.05) is 19.4 Å². The van der Waals surface area contributed by atoms with Gasteiger partial charge in [-0.15, -0.1) is 0 Å². The molecule has 6 heteroatoms. The fraction of sp³-hybridized carbons (Fsp3) is 0.231. The average molecular weight is 434 g/mol. The quantitative estimate of drug-likeness (QED) is 0.185. The molecule has 0 amide bonds. The van der Waals surface area contributed by atoms with E-state index in [2.05, 4.69) is 11.9 Å². The number of carbonyl (C=O) groups is 1. The Morgan fingerprint density at radius 1 is 0.938 bits per heavy atom. The van der Waals surface area contributed by atoms with E-state index in [1.165, 1.54) is 6.07 Å². The third kappa shape index (κ3) is 6.60. The molecule has 0 atom stereocenters. The summed E-state index contributed by atoms with van der Waals surface area (Å²) in [5, 5.41) is 10.3. The van der Waals surface area contributed by atoms with Crippen LogP contribution in [0.15, 0.2) is 71.7 Å². The van der Waals surface area contributed by atoms with E-state index < -0.39 is 5.97 Å². The van der Waals surface area contributed by atoms with Gasteiger partial charge in [-0.05, 0) is 61.9 Å². The van der Waals surface area contributed by atoms with Crippen LogP contribution in [0.5, 0.6) is 23.0 Å². The highest BCUT2D eigenvalue weighted by Crippen LogP contribution is 2.25. The smallest absolute Gasteiger partial charge is 0.343 e.